The maximum Gasteiger partial charge on any atom is 0.412 e. The number of unbranched alkanes of at least 4 members (excludes halogenated alkanes) is 3. The molecule has 2 rings (SSSR count). The van der Waals surface area contributed by atoms with Gasteiger partial charge in [0.2, 0.25) is 10.2 Å². The van der Waals surface area contributed by atoms with Crippen LogP contribution in [0.25, 0.3) is 0 Å². The predicted octanol–water partition coefficient (Wildman–Crippen LogP) is 9.54. The van der Waals surface area contributed by atoms with Gasteiger partial charge in [0.05, 0.1) is 18.6 Å². The molecule has 0 fully saturated rings. The number of nitrogens with one attached hydrogen (secondary N) is 2. The van der Waals surface area contributed by atoms with Crippen molar-refractivity contribution in [3.05, 3.63) is 103 Å². The lowest BCUT2D eigenvalue weighted by molar-refractivity contribution is -0.134. The van der Waals surface area contributed by atoms with E-state index in [4.69, 9.17) is 13.7 Å². The first-order chi connectivity index (χ1) is 26.0. The van der Waals surface area contributed by atoms with Crippen molar-refractivity contribution in [2.45, 2.75) is 86.5 Å². The topological polar surface area (TPSA) is 154 Å². The van der Waals surface area contributed by atoms with Crippen LogP contribution >= 0.6 is 23.8 Å². The summed E-state index contributed by atoms with van der Waals surface area (Å²) in [5.74, 6) is 1.03. The molecule has 2 aromatic rings. The third-order valence-corrected chi connectivity index (χ3v) is 8.46. The molecule has 0 unspecified atom stereocenters. The summed E-state index contributed by atoms with van der Waals surface area (Å²) in [6, 6.07) is 13.6. The molecule has 0 spiro atoms. The van der Waals surface area contributed by atoms with Gasteiger partial charge in [-0.1, -0.05) is 83.3 Å². The van der Waals surface area contributed by atoms with Crippen LogP contribution in [0.1, 0.15) is 85.6 Å². The first-order valence-electron chi connectivity index (χ1n) is 17.8. The summed E-state index contributed by atoms with van der Waals surface area (Å²) in [7, 11) is 0. The normalized spacial score (nSPS) is 9.85. The summed E-state index contributed by atoms with van der Waals surface area (Å²) < 4.78 is 15.3. The van der Waals surface area contributed by atoms with E-state index in [1.165, 1.54) is 0 Å². The van der Waals surface area contributed by atoms with Crippen molar-refractivity contribution in [2.24, 2.45) is 0 Å². The average Bonchev–Trinajstić information content (AvgIpc) is 3.14. The summed E-state index contributed by atoms with van der Waals surface area (Å²) >= 11 is 1.89. The van der Waals surface area contributed by atoms with Gasteiger partial charge in [-0.15, -0.1) is 0 Å². The number of ether oxygens (including phenoxy) is 2. The molecular weight excluding hydrogens is 741 g/mol. The number of anilines is 1. The molecule has 300 valence electrons. The Kier molecular flexibility index (Phi) is 27.1. The first kappa shape index (κ1) is 50.3. The van der Waals surface area contributed by atoms with E-state index in [9.17, 15) is 28.8 Å². The zero-order chi connectivity index (χ0) is 41.8. The Bertz CT molecular complexity index is 1590. The number of ketones is 1. The van der Waals surface area contributed by atoms with Crippen LogP contribution in [0.3, 0.4) is 0 Å². The van der Waals surface area contributed by atoms with Gasteiger partial charge >= 0.3 is 12.1 Å². The number of amides is 2. The van der Waals surface area contributed by atoms with Gasteiger partial charge in [-0.3, -0.25) is 24.0 Å². The number of carbonyl (C=O) groups excluding carboxylic acids is 6. The van der Waals surface area contributed by atoms with Gasteiger partial charge in [0.15, 0.2) is 5.78 Å². The summed E-state index contributed by atoms with van der Waals surface area (Å²) in [6.45, 7) is 25.8. The number of hydrogen-bond donors (Lipinski definition) is 2. The Balaban J connectivity index is 0.000000808. The van der Waals surface area contributed by atoms with Crippen LogP contribution in [0.15, 0.2) is 97.1 Å². The maximum absolute atomic E-state index is 11.6. The van der Waals surface area contributed by atoms with Crippen LogP contribution < -0.4 is 20.1 Å². The molecule has 0 bridgehead atoms. The third-order valence-electron chi connectivity index (χ3n) is 6.69. The van der Waals surface area contributed by atoms with Crippen LogP contribution in [-0.4, -0.2) is 52.9 Å². The fraction of sp³-hybridized carbons (Fsp3) is 0.381. The van der Waals surface area contributed by atoms with Crippen molar-refractivity contribution >= 4 is 63.5 Å². The molecule has 2 aromatic carbocycles. The molecule has 0 aliphatic heterocycles. The minimum Gasteiger partial charge on any atom is -0.427 e. The second kappa shape index (κ2) is 29.6. The Morgan fingerprint density at radius 2 is 1.25 bits per heavy atom. The summed E-state index contributed by atoms with van der Waals surface area (Å²) in [5.41, 5.74) is 3.47. The quantitative estimate of drug-likeness (QED) is 0.0433. The Labute approximate surface area is 335 Å². The molecule has 0 saturated carbocycles. The summed E-state index contributed by atoms with van der Waals surface area (Å²) in [4.78, 5) is 68.0. The number of benzene rings is 2. The number of esters is 1. The molecule has 2 amide bonds. The number of Topliss-reactive ketones (excluding diaryl/α,β-unsaturated/α-hetero) is 1. The highest BCUT2D eigenvalue weighted by molar-refractivity contribution is 8.14. The van der Waals surface area contributed by atoms with E-state index in [1.54, 1.807) is 76.2 Å². The van der Waals surface area contributed by atoms with E-state index < -0.39 is 6.09 Å². The van der Waals surface area contributed by atoms with E-state index in [1.807, 2.05) is 6.92 Å². The second-order valence-corrected chi connectivity index (χ2v) is 14.1. The standard InChI is InChI=1S/C17H23NO3.C15H19NO3.C10H14O3S2/c1-4-5-6-7-8-16(19)21-15-11-9-14(10-12-15)18-17(20)13(2)3;1-4-9-16-15(18)19-13-7-5-12(6-8-13)10-14(17)11(2)3;1-7(2)9(11)14-6-5-13-15-10(12)8(3)4/h9-12H,2,4-8H2,1,3H3,(H,18,20);5-8H,2,4,9-10H2,1,3H3,(H,16,18);1,3,5-6H2,2,4H3. The Hall–Kier alpha value is -4.72. The van der Waals surface area contributed by atoms with Gasteiger partial charge in [-0.05, 0) is 99.2 Å². The summed E-state index contributed by atoms with van der Waals surface area (Å²) in [5, 5.41) is 5.07. The van der Waals surface area contributed by atoms with Crippen molar-refractivity contribution in [1.82, 2.24) is 5.32 Å². The molecule has 0 heterocycles. The van der Waals surface area contributed by atoms with Crippen molar-refractivity contribution < 1.29 is 42.4 Å². The lowest BCUT2D eigenvalue weighted by atomic mass is 10.1. The minimum absolute atomic E-state index is 0.00866. The molecule has 55 heavy (non-hydrogen) atoms. The van der Waals surface area contributed by atoms with Gasteiger partial charge < -0.3 is 24.3 Å². The van der Waals surface area contributed by atoms with Crippen LogP contribution in [0.5, 0.6) is 11.5 Å². The number of rotatable bonds is 20. The highest BCUT2D eigenvalue weighted by atomic mass is 32.2. The summed E-state index contributed by atoms with van der Waals surface area (Å²) in [6.07, 6.45) is 5.35. The van der Waals surface area contributed by atoms with E-state index in [0.717, 1.165) is 61.5 Å². The van der Waals surface area contributed by atoms with Gasteiger partial charge in [0.25, 0.3) is 5.91 Å². The highest BCUT2D eigenvalue weighted by Gasteiger charge is 2.09. The average molecular weight is 797 g/mol. The van der Waals surface area contributed by atoms with Gasteiger partial charge in [0, 0.05) is 36.4 Å². The largest absolute Gasteiger partial charge is 0.427 e. The number of allylic oxidation sites excluding steroid dienone is 1. The van der Waals surface area contributed by atoms with Crippen molar-refractivity contribution in [2.75, 3.05) is 24.2 Å². The molecule has 0 radical (unpaired) electrons. The molecule has 11 nitrogen and oxygen atoms in total. The molecule has 13 heteroatoms. The van der Waals surface area contributed by atoms with Gasteiger partial charge in [-0.25, -0.2) is 4.79 Å². The minimum atomic E-state index is -0.465. The van der Waals surface area contributed by atoms with E-state index >= 15 is 0 Å². The Morgan fingerprint density at radius 1 is 0.673 bits per heavy atom. The Morgan fingerprint density at radius 3 is 1.78 bits per heavy atom. The SMILES string of the molecule is C=C(C)C(=O)Cc1ccc(OC(=O)NCCC)cc1.C=C(C)C(=O)Nc1ccc(OC(=O)CCCCCC)cc1.C=C(C)C(=O)SCCOSC(=O)C(=C)C. The van der Waals surface area contributed by atoms with Crippen LogP contribution in [-0.2, 0) is 34.6 Å². The van der Waals surface area contributed by atoms with Gasteiger partial charge in [0.1, 0.15) is 11.5 Å². The van der Waals surface area contributed by atoms with Crippen molar-refractivity contribution in [3.63, 3.8) is 0 Å². The number of thioether (sulfide) groups is 1. The van der Waals surface area contributed by atoms with Crippen LogP contribution in [0, 0.1) is 0 Å². The molecular formula is C42H56N2O9S2. The third kappa shape index (κ3) is 25.9. The van der Waals surface area contributed by atoms with Crippen molar-refractivity contribution in [3.8, 4) is 11.5 Å². The molecule has 0 atom stereocenters. The predicted molar refractivity (Wildman–Crippen MR) is 224 cm³/mol. The van der Waals surface area contributed by atoms with E-state index in [0.29, 0.717) is 71.2 Å². The molecule has 0 aromatic heterocycles. The van der Waals surface area contributed by atoms with Gasteiger partial charge in [-0.2, -0.15) is 0 Å². The monoisotopic (exact) mass is 796 g/mol. The smallest absolute Gasteiger partial charge is 0.412 e. The van der Waals surface area contributed by atoms with Crippen molar-refractivity contribution in [1.29, 1.82) is 0 Å². The fourth-order valence-electron chi connectivity index (χ4n) is 3.56. The molecule has 0 aliphatic rings. The lowest BCUT2D eigenvalue weighted by Crippen LogP contribution is -2.27. The molecule has 0 aliphatic carbocycles. The number of hydrogen-bond acceptors (Lipinski definition) is 11. The highest BCUT2D eigenvalue weighted by Crippen LogP contribution is 2.18. The molecule has 2 N–H and O–H groups in total. The first-order valence-corrected chi connectivity index (χ1v) is 19.6. The van der Waals surface area contributed by atoms with Crippen LogP contribution in [0.4, 0.5) is 10.5 Å². The fourth-order valence-corrected chi connectivity index (χ4v) is 4.68. The molecule has 0 saturated heterocycles. The number of carbonyl (C=O) groups is 6. The van der Waals surface area contributed by atoms with E-state index in [2.05, 4.69) is 43.9 Å². The maximum atomic E-state index is 11.6. The van der Waals surface area contributed by atoms with E-state index in [-0.39, 0.29) is 27.9 Å². The zero-order valence-electron chi connectivity index (χ0n) is 33.0. The lowest BCUT2D eigenvalue weighted by Gasteiger charge is -2.07. The second-order valence-electron chi connectivity index (χ2n) is 12.3. The van der Waals surface area contributed by atoms with Crippen LogP contribution in [0.2, 0.25) is 0 Å². The zero-order valence-corrected chi connectivity index (χ0v) is 34.6.